The summed E-state index contributed by atoms with van der Waals surface area (Å²) in [6, 6.07) is 11.9. The van der Waals surface area contributed by atoms with Crippen molar-refractivity contribution in [2.75, 3.05) is 17.2 Å². The van der Waals surface area contributed by atoms with Crippen LogP contribution in [0.4, 0.5) is 20.2 Å². The number of anilines is 2. The molecule has 0 saturated heterocycles. The molecule has 0 atom stereocenters. The van der Waals surface area contributed by atoms with Crippen LogP contribution in [0.3, 0.4) is 0 Å². The third kappa shape index (κ3) is 4.17. The van der Waals surface area contributed by atoms with Gasteiger partial charge in [-0.05, 0) is 35.7 Å². The minimum Gasteiger partial charge on any atom is -0.395 e. The zero-order valence-electron chi connectivity index (χ0n) is 13.8. The Kier molecular flexibility index (Phi) is 4.48. The Morgan fingerprint density at radius 2 is 1.68 bits per heavy atom. The maximum absolute atomic E-state index is 13.0. The molecule has 2 aromatic carbocycles. The number of hydrogen-bond donors (Lipinski definition) is 2. The van der Waals surface area contributed by atoms with E-state index in [1.807, 2.05) is 24.3 Å². The van der Waals surface area contributed by atoms with Gasteiger partial charge in [0.2, 0.25) is 5.91 Å². The monoisotopic (exact) mass is 348 g/mol. The van der Waals surface area contributed by atoms with Crippen LogP contribution >= 0.6 is 0 Å². The molecule has 0 spiro atoms. The molecular formula is C18H18F2N2O3. The first-order valence-corrected chi connectivity index (χ1v) is 7.86. The van der Waals surface area contributed by atoms with Gasteiger partial charge in [0.25, 0.3) is 0 Å². The van der Waals surface area contributed by atoms with Gasteiger partial charge in [-0.2, -0.15) is 0 Å². The van der Waals surface area contributed by atoms with Crippen molar-refractivity contribution in [3.8, 4) is 11.5 Å². The Hall–Kier alpha value is -2.83. The molecule has 0 saturated carbocycles. The summed E-state index contributed by atoms with van der Waals surface area (Å²) in [5.74, 6) is 0.0648. The lowest BCUT2D eigenvalue weighted by Crippen LogP contribution is -2.25. The second kappa shape index (κ2) is 6.58. The van der Waals surface area contributed by atoms with Crippen molar-refractivity contribution in [1.29, 1.82) is 0 Å². The van der Waals surface area contributed by atoms with Gasteiger partial charge in [-0.1, -0.05) is 26.0 Å². The number of amides is 1. The average Bonchev–Trinajstić information content (AvgIpc) is 2.86. The number of nitrogens with one attached hydrogen (secondary N) is 2. The summed E-state index contributed by atoms with van der Waals surface area (Å²) in [6.45, 7) is 4.18. The number of carbonyl (C=O) groups excluding carboxylic acids is 1. The average molecular weight is 348 g/mol. The number of ether oxygens (including phenoxy) is 2. The van der Waals surface area contributed by atoms with E-state index in [1.54, 1.807) is 0 Å². The number of hydrogen-bond acceptors (Lipinski definition) is 4. The molecule has 1 heterocycles. The van der Waals surface area contributed by atoms with E-state index in [1.165, 1.54) is 23.8 Å². The van der Waals surface area contributed by atoms with Crippen LogP contribution in [0.25, 0.3) is 0 Å². The lowest BCUT2D eigenvalue weighted by Gasteiger charge is -2.10. The molecular weight excluding hydrogens is 330 g/mol. The van der Waals surface area contributed by atoms with Gasteiger partial charge in [-0.25, -0.2) is 0 Å². The van der Waals surface area contributed by atoms with E-state index in [4.69, 9.17) is 0 Å². The highest BCUT2D eigenvalue weighted by Crippen LogP contribution is 2.42. The Morgan fingerprint density at radius 3 is 2.36 bits per heavy atom. The van der Waals surface area contributed by atoms with Crippen LogP contribution in [-0.4, -0.2) is 18.7 Å². The Balaban J connectivity index is 1.54. The van der Waals surface area contributed by atoms with Crippen LogP contribution < -0.4 is 20.1 Å². The van der Waals surface area contributed by atoms with Gasteiger partial charge < -0.3 is 20.1 Å². The minimum atomic E-state index is -3.65. The molecule has 3 rings (SSSR count). The highest BCUT2D eigenvalue weighted by molar-refractivity contribution is 5.93. The number of benzene rings is 2. The van der Waals surface area contributed by atoms with E-state index in [9.17, 15) is 13.6 Å². The number of rotatable bonds is 5. The van der Waals surface area contributed by atoms with Crippen LogP contribution in [0.2, 0.25) is 0 Å². The second-order valence-electron chi connectivity index (χ2n) is 6.01. The normalized spacial score (nSPS) is 14.4. The lowest BCUT2D eigenvalue weighted by molar-refractivity contribution is -0.286. The van der Waals surface area contributed by atoms with Crippen LogP contribution in [-0.2, 0) is 4.79 Å². The molecule has 1 amide bonds. The highest BCUT2D eigenvalue weighted by atomic mass is 19.3. The first-order valence-electron chi connectivity index (χ1n) is 7.86. The van der Waals surface area contributed by atoms with Crippen molar-refractivity contribution in [3.63, 3.8) is 0 Å². The molecule has 0 fully saturated rings. The van der Waals surface area contributed by atoms with E-state index >= 15 is 0 Å². The third-order valence-corrected chi connectivity index (χ3v) is 3.72. The zero-order valence-corrected chi connectivity index (χ0v) is 13.8. The molecule has 0 radical (unpaired) electrons. The summed E-state index contributed by atoms with van der Waals surface area (Å²) in [5, 5.41) is 5.63. The summed E-state index contributed by atoms with van der Waals surface area (Å²) in [7, 11) is 0. The lowest BCUT2D eigenvalue weighted by atomic mass is 10.0. The molecule has 2 N–H and O–H groups in total. The van der Waals surface area contributed by atoms with Gasteiger partial charge in [0.1, 0.15) is 0 Å². The van der Waals surface area contributed by atoms with Gasteiger partial charge in [0.15, 0.2) is 11.5 Å². The number of carbonyl (C=O) groups is 1. The van der Waals surface area contributed by atoms with E-state index < -0.39 is 6.29 Å². The number of fused-ring (bicyclic) bond motifs is 1. The topological polar surface area (TPSA) is 59.6 Å². The third-order valence-electron chi connectivity index (χ3n) is 3.72. The summed E-state index contributed by atoms with van der Waals surface area (Å²) >= 11 is 0. The highest BCUT2D eigenvalue weighted by Gasteiger charge is 2.43. The Morgan fingerprint density at radius 1 is 1.04 bits per heavy atom. The Bertz CT molecular complexity index is 776. The van der Waals surface area contributed by atoms with Crippen LogP contribution in [0, 0.1) is 0 Å². The number of alkyl halides is 2. The fourth-order valence-electron chi connectivity index (χ4n) is 2.40. The van der Waals surface area contributed by atoms with Crippen molar-refractivity contribution in [2.45, 2.75) is 26.1 Å². The zero-order chi connectivity index (χ0) is 18.0. The SMILES string of the molecule is CC(C)c1ccc(NC(=O)CNc2ccc3c(c2)OC(F)(F)O3)cc1. The van der Waals surface area contributed by atoms with Crippen LogP contribution in [0.5, 0.6) is 11.5 Å². The molecule has 1 aliphatic rings. The van der Waals surface area contributed by atoms with E-state index in [0.29, 0.717) is 17.3 Å². The summed E-state index contributed by atoms with van der Waals surface area (Å²) in [6.07, 6.45) is -3.65. The second-order valence-corrected chi connectivity index (χ2v) is 6.01. The molecule has 1 aliphatic heterocycles. The standard InChI is InChI=1S/C18H18F2N2O3/c1-11(2)12-3-5-13(6-4-12)22-17(23)10-21-14-7-8-15-16(9-14)25-18(19,20)24-15/h3-9,11,21H,10H2,1-2H3,(H,22,23). The predicted molar refractivity (Wildman–Crippen MR) is 90.3 cm³/mol. The maximum atomic E-state index is 13.0. The molecule has 0 aromatic heterocycles. The molecule has 25 heavy (non-hydrogen) atoms. The molecule has 0 bridgehead atoms. The van der Waals surface area contributed by atoms with Gasteiger partial charge in [-0.15, -0.1) is 8.78 Å². The largest absolute Gasteiger partial charge is 0.586 e. The quantitative estimate of drug-likeness (QED) is 0.851. The maximum Gasteiger partial charge on any atom is 0.586 e. The molecule has 0 unspecified atom stereocenters. The van der Waals surface area contributed by atoms with Crippen molar-refractivity contribution in [3.05, 3.63) is 48.0 Å². The van der Waals surface area contributed by atoms with Crippen molar-refractivity contribution >= 4 is 17.3 Å². The van der Waals surface area contributed by atoms with Gasteiger partial charge >= 0.3 is 6.29 Å². The first-order chi connectivity index (χ1) is 11.8. The van der Waals surface area contributed by atoms with Crippen molar-refractivity contribution in [1.82, 2.24) is 0 Å². The van der Waals surface area contributed by atoms with Crippen LogP contribution in [0.15, 0.2) is 42.5 Å². The van der Waals surface area contributed by atoms with E-state index in [0.717, 1.165) is 0 Å². The fraction of sp³-hybridized carbons (Fsp3) is 0.278. The molecule has 0 aliphatic carbocycles. The van der Waals surface area contributed by atoms with Gasteiger partial charge in [0.05, 0.1) is 6.54 Å². The van der Waals surface area contributed by atoms with E-state index in [-0.39, 0.29) is 24.0 Å². The van der Waals surface area contributed by atoms with E-state index in [2.05, 4.69) is 34.0 Å². The molecule has 5 nitrogen and oxygen atoms in total. The van der Waals surface area contributed by atoms with Gasteiger partial charge in [-0.3, -0.25) is 4.79 Å². The fourth-order valence-corrected chi connectivity index (χ4v) is 2.40. The minimum absolute atomic E-state index is 0.0119. The molecule has 2 aromatic rings. The smallest absolute Gasteiger partial charge is 0.395 e. The Labute approximate surface area is 143 Å². The van der Waals surface area contributed by atoms with Crippen molar-refractivity contribution < 1.29 is 23.0 Å². The summed E-state index contributed by atoms with van der Waals surface area (Å²) in [5.41, 5.74) is 2.36. The van der Waals surface area contributed by atoms with Gasteiger partial charge in [0, 0.05) is 17.4 Å². The molecule has 132 valence electrons. The summed E-state index contributed by atoms with van der Waals surface area (Å²) in [4.78, 5) is 12.0. The molecule has 7 heteroatoms. The first kappa shape index (κ1) is 17.0. The summed E-state index contributed by atoms with van der Waals surface area (Å²) < 4.78 is 34.6. The van der Waals surface area contributed by atoms with Crippen molar-refractivity contribution in [2.24, 2.45) is 0 Å². The number of halogens is 2. The van der Waals surface area contributed by atoms with Crippen LogP contribution in [0.1, 0.15) is 25.3 Å². The predicted octanol–water partition coefficient (Wildman–Crippen LogP) is 4.18.